The van der Waals surface area contributed by atoms with Gasteiger partial charge in [-0.25, -0.2) is 0 Å². The Kier molecular flexibility index (Phi) is 3.25. The van der Waals surface area contributed by atoms with Crippen molar-refractivity contribution in [2.24, 2.45) is 0 Å². The smallest absolute Gasteiger partial charge is 0.177 e. The van der Waals surface area contributed by atoms with E-state index in [1.807, 2.05) is 6.92 Å². The largest absolute Gasteiger partial charge is 0.335 e. The van der Waals surface area contributed by atoms with Crippen LogP contribution in [0.25, 0.3) is 0 Å². The minimum Gasteiger partial charge on any atom is -0.335 e. The minimum absolute atomic E-state index is 0.810. The maximum atomic E-state index is 5.22. The summed E-state index contributed by atoms with van der Waals surface area (Å²) in [5.74, 6) is 0. The van der Waals surface area contributed by atoms with E-state index in [-0.39, 0.29) is 0 Å². The molecule has 0 atom stereocenters. The highest BCUT2D eigenvalue weighted by molar-refractivity contribution is 7.71. The first kappa shape index (κ1) is 11.1. The number of aromatic amines is 1. The van der Waals surface area contributed by atoms with E-state index in [0.717, 1.165) is 23.4 Å². The summed E-state index contributed by atoms with van der Waals surface area (Å²) in [4.78, 5) is 3.13. The van der Waals surface area contributed by atoms with Crippen LogP contribution in [0.15, 0.2) is 30.5 Å². The average Bonchev–Trinajstić information content (AvgIpc) is 2.54. The zero-order valence-corrected chi connectivity index (χ0v) is 10.5. The number of benzene rings is 1. The van der Waals surface area contributed by atoms with Gasteiger partial charge in [-0.1, -0.05) is 29.8 Å². The molecule has 16 heavy (non-hydrogen) atoms. The van der Waals surface area contributed by atoms with Gasteiger partial charge >= 0.3 is 0 Å². The lowest BCUT2D eigenvalue weighted by Crippen LogP contribution is -2.00. The zero-order chi connectivity index (χ0) is 11.5. The van der Waals surface area contributed by atoms with E-state index in [2.05, 4.69) is 46.9 Å². The number of nitrogens with zero attached hydrogens (tertiary/aromatic N) is 1. The van der Waals surface area contributed by atoms with Crippen LogP contribution in [0.5, 0.6) is 0 Å². The highest BCUT2D eigenvalue weighted by Gasteiger charge is 1.98. The van der Waals surface area contributed by atoms with E-state index in [9.17, 15) is 0 Å². The number of imidazole rings is 1. The van der Waals surface area contributed by atoms with Gasteiger partial charge in [-0.3, -0.25) is 0 Å². The first-order valence-corrected chi connectivity index (χ1v) is 5.87. The van der Waals surface area contributed by atoms with Crippen LogP contribution in [0.4, 0.5) is 0 Å². The Labute approximate surface area is 101 Å². The van der Waals surface area contributed by atoms with E-state index < -0.39 is 0 Å². The second-order valence-electron chi connectivity index (χ2n) is 4.17. The summed E-state index contributed by atoms with van der Waals surface area (Å²) in [5, 5.41) is 0. The fourth-order valence-electron chi connectivity index (χ4n) is 1.85. The van der Waals surface area contributed by atoms with E-state index in [1.54, 1.807) is 0 Å². The maximum Gasteiger partial charge on any atom is 0.177 e. The SMILES string of the molecule is Cc1cccc(CCn2cc(C)[nH]c2=S)c1. The molecular formula is C13H16N2S. The molecule has 0 radical (unpaired) electrons. The predicted octanol–water partition coefficient (Wildman–Crippen LogP) is 3.41. The van der Waals surface area contributed by atoms with Crippen LogP contribution >= 0.6 is 12.2 Å². The summed E-state index contributed by atoms with van der Waals surface area (Å²) in [6.45, 7) is 5.08. The van der Waals surface area contributed by atoms with Gasteiger partial charge in [-0.2, -0.15) is 0 Å². The minimum atomic E-state index is 0.810. The molecule has 0 unspecified atom stereocenters. The number of aryl methyl sites for hydroxylation is 4. The number of rotatable bonds is 3. The molecule has 2 rings (SSSR count). The Morgan fingerprint density at radius 3 is 2.75 bits per heavy atom. The second-order valence-corrected chi connectivity index (χ2v) is 4.56. The van der Waals surface area contributed by atoms with Crippen LogP contribution in [-0.2, 0) is 13.0 Å². The second kappa shape index (κ2) is 4.66. The molecule has 1 aromatic carbocycles. The van der Waals surface area contributed by atoms with E-state index in [1.165, 1.54) is 11.1 Å². The van der Waals surface area contributed by atoms with Gasteiger partial charge in [-0.05, 0) is 38.0 Å². The third-order valence-corrected chi connectivity index (χ3v) is 2.97. The molecule has 2 aromatic rings. The Morgan fingerprint density at radius 2 is 2.12 bits per heavy atom. The van der Waals surface area contributed by atoms with Crippen molar-refractivity contribution in [3.05, 3.63) is 52.1 Å². The molecule has 0 spiro atoms. The van der Waals surface area contributed by atoms with Crippen molar-refractivity contribution in [3.8, 4) is 0 Å². The van der Waals surface area contributed by atoms with Gasteiger partial charge in [0.05, 0.1) is 0 Å². The van der Waals surface area contributed by atoms with Gasteiger partial charge in [0, 0.05) is 18.4 Å². The van der Waals surface area contributed by atoms with Crippen LogP contribution < -0.4 is 0 Å². The predicted molar refractivity (Wildman–Crippen MR) is 69.2 cm³/mol. The summed E-state index contributed by atoms with van der Waals surface area (Å²) in [6, 6.07) is 8.61. The topological polar surface area (TPSA) is 20.7 Å². The molecule has 1 heterocycles. The molecule has 84 valence electrons. The zero-order valence-electron chi connectivity index (χ0n) is 9.66. The van der Waals surface area contributed by atoms with Crippen LogP contribution in [0.2, 0.25) is 0 Å². The van der Waals surface area contributed by atoms with Gasteiger partial charge in [0.15, 0.2) is 4.77 Å². The van der Waals surface area contributed by atoms with Crippen molar-refractivity contribution in [3.63, 3.8) is 0 Å². The van der Waals surface area contributed by atoms with E-state index >= 15 is 0 Å². The van der Waals surface area contributed by atoms with Crippen LogP contribution in [0.3, 0.4) is 0 Å². The fourth-order valence-corrected chi connectivity index (χ4v) is 2.15. The molecule has 0 bridgehead atoms. The number of nitrogens with one attached hydrogen (secondary N) is 1. The van der Waals surface area contributed by atoms with E-state index in [0.29, 0.717) is 0 Å². The van der Waals surface area contributed by atoms with Gasteiger partial charge in [-0.15, -0.1) is 0 Å². The van der Waals surface area contributed by atoms with Crippen molar-refractivity contribution < 1.29 is 0 Å². The third-order valence-electron chi connectivity index (χ3n) is 2.64. The number of hydrogen-bond acceptors (Lipinski definition) is 1. The molecule has 0 aliphatic heterocycles. The number of H-pyrrole nitrogens is 1. The van der Waals surface area contributed by atoms with Crippen molar-refractivity contribution in [1.29, 1.82) is 0 Å². The molecule has 0 amide bonds. The van der Waals surface area contributed by atoms with Crippen molar-refractivity contribution in [2.75, 3.05) is 0 Å². The first-order valence-electron chi connectivity index (χ1n) is 5.47. The quantitative estimate of drug-likeness (QED) is 0.804. The summed E-state index contributed by atoms with van der Waals surface area (Å²) in [6.07, 6.45) is 3.09. The van der Waals surface area contributed by atoms with Crippen molar-refractivity contribution in [1.82, 2.24) is 9.55 Å². The summed E-state index contributed by atoms with van der Waals surface area (Å²) in [5.41, 5.74) is 3.79. The lowest BCUT2D eigenvalue weighted by molar-refractivity contribution is 0.686. The van der Waals surface area contributed by atoms with Crippen LogP contribution in [0.1, 0.15) is 16.8 Å². The maximum absolute atomic E-state index is 5.22. The molecule has 1 N–H and O–H groups in total. The van der Waals surface area contributed by atoms with Crippen LogP contribution in [0, 0.1) is 18.6 Å². The summed E-state index contributed by atoms with van der Waals surface area (Å²) in [7, 11) is 0. The lowest BCUT2D eigenvalue weighted by Gasteiger charge is -2.03. The Balaban J connectivity index is 2.08. The summed E-state index contributed by atoms with van der Waals surface area (Å²) >= 11 is 5.22. The van der Waals surface area contributed by atoms with Gasteiger partial charge < -0.3 is 9.55 Å². The van der Waals surface area contributed by atoms with E-state index in [4.69, 9.17) is 12.2 Å². The van der Waals surface area contributed by atoms with Gasteiger partial charge in [0.1, 0.15) is 0 Å². The molecule has 3 heteroatoms. The Morgan fingerprint density at radius 1 is 1.31 bits per heavy atom. The molecule has 0 saturated heterocycles. The van der Waals surface area contributed by atoms with Gasteiger partial charge in [0.25, 0.3) is 0 Å². The monoisotopic (exact) mass is 232 g/mol. The standard InChI is InChI=1S/C13H16N2S/c1-10-4-3-5-12(8-10)6-7-15-9-11(2)14-13(15)16/h3-5,8-9H,6-7H2,1-2H3,(H,14,16). The van der Waals surface area contributed by atoms with Crippen molar-refractivity contribution >= 4 is 12.2 Å². The summed E-state index contributed by atoms with van der Waals surface area (Å²) < 4.78 is 2.90. The molecular weight excluding hydrogens is 216 g/mol. The normalized spacial score (nSPS) is 10.6. The van der Waals surface area contributed by atoms with Crippen LogP contribution in [-0.4, -0.2) is 9.55 Å². The molecule has 1 aromatic heterocycles. The molecule has 0 saturated carbocycles. The first-order chi connectivity index (χ1) is 7.65. The third kappa shape index (κ3) is 2.61. The lowest BCUT2D eigenvalue weighted by atomic mass is 10.1. The highest BCUT2D eigenvalue weighted by Crippen LogP contribution is 2.07. The Hall–Kier alpha value is -1.35. The van der Waals surface area contributed by atoms with Gasteiger partial charge in [0.2, 0.25) is 0 Å². The highest BCUT2D eigenvalue weighted by atomic mass is 32.1. The number of aromatic nitrogens is 2. The molecule has 0 aliphatic carbocycles. The number of hydrogen-bond donors (Lipinski definition) is 1. The Bertz CT molecular complexity index is 537. The molecule has 2 nitrogen and oxygen atoms in total. The molecule has 0 aliphatic rings. The molecule has 0 fully saturated rings. The van der Waals surface area contributed by atoms with Crippen molar-refractivity contribution in [2.45, 2.75) is 26.8 Å². The fraction of sp³-hybridized carbons (Fsp3) is 0.308. The average molecular weight is 232 g/mol.